The minimum Gasteiger partial charge on any atom is -0.352 e. The molecule has 2 amide bonds. The molecule has 1 aliphatic heterocycles. The first-order valence-corrected chi connectivity index (χ1v) is 9.67. The molecule has 7 heteroatoms. The smallest absolute Gasteiger partial charge is 0.254 e. The highest BCUT2D eigenvalue weighted by atomic mass is 32.2. The number of hydrogen-bond acceptors (Lipinski definition) is 4. The summed E-state index contributed by atoms with van der Waals surface area (Å²) in [6.07, 6.45) is 4.54. The average molecular weight is 336 g/mol. The van der Waals surface area contributed by atoms with E-state index in [1.807, 2.05) is 0 Å². The number of benzene rings is 1. The standard InChI is InChI=1S/C16H20N2O4S/c1-23(21,22)13-5-2-4-11(10-13)16(20)18-9-3-6-14(18)15(19)17-12-7-8-12/h2,4-5,10,12,14H,3,6-9H2,1H3,(H,17,19). The van der Waals surface area contributed by atoms with Crippen LogP contribution in [0.4, 0.5) is 0 Å². The summed E-state index contributed by atoms with van der Waals surface area (Å²) in [5, 5.41) is 2.94. The number of rotatable bonds is 4. The average Bonchev–Trinajstić information content (AvgIpc) is 3.18. The molecule has 1 atom stereocenters. The Balaban J connectivity index is 1.80. The lowest BCUT2D eigenvalue weighted by Crippen LogP contribution is -2.46. The number of likely N-dealkylation sites (tertiary alicyclic amines) is 1. The molecular weight excluding hydrogens is 316 g/mol. The Kier molecular flexibility index (Phi) is 4.14. The predicted octanol–water partition coefficient (Wildman–Crippen LogP) is 0.973. The number of nitrogens with one attached hydrogen (secondary N) is 1. The van der Waals surface area contributed by atoms with Crippen molar-refractivity contribution in [2.45, 2.75) is 42.7 Å². The van der Waals surface area contributed by atoms with Crippen LogP contribution in [0, 0.1) is 0 Å². The Morgan fingerprint density at radius 1 is 1.22 bits per heavy atom. The van der Waals surface area contributed by atoms with Crippen LogP contribution < -0.4 is 5.32 Å². The molecule has 1 aliphatic carbocycles. The van der Waals surface area contributed by atoms with Crippen molar-refractivity contribution in [1.29, 1.82) is 0 Å². The maximum absolute atomic E-state index is 12.7. The number of nitrogens with zero attached hydrogens (tertiary/aromatic N) is 1. The fraction of sp³-hybridized carbons (Fsp3) is 0.500. The van der Waals surface area contributed by atoms with Crippen molar-refractivity contribution < 1.29 is 18.0 Å². The van der Waals surface area contributed by atoms with E-state index in [0.29, 0.717) is 18.5 Å². The third-order valence-electron chi connectivity index (χ3n) is 4.25. The number of amides is 2. The van der Waals surface area contributed by atoms with Gasteiger partial charge in [0.15, 0.2) is 9.84 Å². The van der Waals surface area contributed by atoms with Crippen molar-refractivity contribution in [3.05, 3.63) is 29.8 Å². The van der Waals surface area contributed by atoms with Gasteiger partial charge in [-0.3, -0.25) is 9.59 Å². The van der Waals surface area contributed by atoms with E-state index in [9.17, 15) is 18.0 Å². The minimum atomic E-state index is -3.37. The van der Waals surface area contributed by atoms with Crippen LogP contribution in [0.3, 0.4) is 0 Å². The summed E-state index contributed by atoms with van der Waals surface area (Å²) >= 11 is 0. The predicted molar refractivity (Wildman–Crippen MR) is 84.8 cm³/mol. The maximum Gasteiger partial charge on any atom is 0.254 e. The van der Waals surface area contributed by atoms with E-state index in [1.54, 1.807) is 17.0 Å². The van der Waals surface area contributed by atoms with Crippen LogP contribution in [0.2, 0.25) is 0 Å². The number of sulfone groups is 1. The molecule has 3 rings (SSSR count). The van der Waals surface area contributed by atoms with Gasteiger partial charge in [0.05, 0.1) is 4.90 Å². The minimum absolute atomic E-state index is 0.0994. The Bertz CT molecular complexity index is 740. The highest BCUT2D eigenvalue weighted by molar-refractivity contribution is 7.90. The highest BCUT2D eigenvalue weighted by Crippen LogP contribution is 2.24. The molecule has 1 aromatic carbocycles. The summed E-state index contributed by atoms with van der Waals surface area (Å²) in [5.41, 5.74) is 0.305. The van der Waals surface area contributed by atoms with E-state index in [2.05, 4.69) is 5.32 Å². The van der Waals surface area contributed by atoms with E-state index in [4.69, 9.17) is 0 Å². The topological polar surface area (TPSA) is 83.6 Å². The molecule has 1 aromatic rings. The normalized spacial score (nSPS) is 21.3. The van der Waals surface area contributed by atoms with Crippen LogP contribution in [0.5, 0.6) is 0 Å². The molecule has 2 aliphatic rings. The largest absolute Gasteiger partial charge is 0.352 e. The van der Waals surface area contributed by atoms with E-state index in [1.165, 1.54) is 12.1 Å². The van der Waals surface area contributed by atoms with Crippen LogP contribution in [0.25, 0.3) is 0 Å². The van der Waals surface area contributed by atoms with Crippen molar-refractivity contribution in [3.8, 4) is 0 Å². The summed E-state index contributed by atoms with van der Waals surface area (Å²) in [4.78, 5) is 26.6. The van der Waals surface area contributed by atoms with Gasteiger partial charge in [-0.25, -0.2) is 8.42 Å². The van der Waals surface area contributed by atoms with Crippen LogP contribution in [0.15, 0.2) is 29.2 Å². The van der Waals surface area contributed by atoms with Crippen molar-refractivity contribution in [2.24, 2.45) is 0 Å². The van der Waals surface area contributed by atoms with Crippen LogP contribution >= 0.6 is 0 Å². The second-order valence-corrected chi connectivity index (χ2v) is 8.26. The van der Waals surface area contributed by atoms with Gasteiger partial charge in [-0.05, 0) is 43.9 Å². The third kappa shape index (κ3) is 3.55. The van der Waals surface area contributed by atoms with Gasteiger partial charge in [-0.2, -0.15) is 0 Å². The van der Waals surface area contributed by atoms with Gasteiger partial charge in [-0.15, -0.1) is 0 Å². The second-order valence-electron chi connectivity index (χ2n) is 6.24. The molecule has 1 saturated heterocycles. The monoisotopic (exact) mass is 336 g/mol. The third-order valence-corrected chi connectivity index (χ3v) is 5.36. The van der Waals surface area contributed by atoms with Gasteiger partial charge in [0.1, 0.15) is 6.04 Å². The highest BCUT2D eigenvalue weighted by Gasteiger charge is 2.36. The first-order chi connectivity index (χ1) is 10.9. The van der Waals surface area contributed by atoms with E-state index in [-0.39, 0.29) is 22.8 Å². The van der Waals surface area contributed by atoms with Crippen LogP contribution in [-0.4, -0.2) is 50.0 Å². The lowest BCUT2D eigenvalue weighted by atomic mass is 10.1. The zero-order valence-electron chi connectivity index (χ0n) is 13.0. The van der Waals surface area contributed by atoms with Gasteiger partial charge in [-0.1, -0.05) is 6.07 Å². The van der Waals surface area contributed by atoms with E-state index < -0.39 is 15.9 Å². The summed E-state index contributed by atoms with van der Waals surface area (Å²) in [6, 6.07) is 5.79. The van der Waals surface area contributed by atoms with Gasteiger partial charge >= 0.3 is 0 Å². The van der Waals surface area contributed by atoms with Gasteiger partial charge in [0, 0.05) is 24.4 Å². The Morgan fingerprint density at radius 3 is 2.61 bits per heavy atom. The molecule has 23 heavy (non-hydrogen) atoms. The number of hydrogen-bond donors (Lipinski definition) is 1. The first kappa shape index (κ1) is 16.0. The summed E-state index contributed by atoms with van der Waals surface area (Å²) in [6.45, 7) is 0.519. The van der Waals surface area contributed by atoms with Gasteiger partial charge in [0.2, 0.25) is 5.91 Å². The van der Waals surface area contributed by atoms with Crippen LogP contribution in [0.1, 0.15) is 36.0 Å². The van der Waals surface area contributed by atoms with Crippen molar-refractivity contribution in [1.82, 2.24) is 10.2 Å². The molecule has 6 nitrogen and oxygen atoms in total. The van der Waals surface area contributed by atoms with Gasteiger partial charge in [0.25, 0.3) is 5.91 Å². The van der Waals surface area contributed by atoms with E-state index in [0.717, 1.165) is 25.5 Å². The Hall–Kier alpha value is -1.89. The molecule has 2 fully saturated rings. The molecule has 0 radical (unpaired) electrons. The molecule has 124 valence electrons. The fourth-order valence-corrected chi connectivity index (χ4v) is 3.50. The Morgan fingerprint density at radius 2 is 1.96 bits per heavy atom. The molecule has 1 unspecified atom stereocenters. The molecule has 1 saturated carbocycles. The quantitative estimate of drug-likeness (QED) is 0.888. The zero-order chi connectivity index (χ0) is 16.6. The molecule has 1 heterocycles. The summed E-state index contributed by atoms with van der Waals surface area (Å²) in [7, 11) is -3.37. The fourth-order valence-electron chi connectivity index (χ4n) is 2.83. The van der Waals surface area contributed by atoms with Crippen molar-refractivity contribution in [3.63, 3.8) is 0 Å². The number of carbonyl (C=O) groups is 2. The molecule has 1 N–H and O–H groups in total. The molecule has 0 spiro atoms. The first-order valence-electron chi connectivity index (χ1n) is 7.78. The summed E-state index contributed by atoms with van der Waals surface area (Å²) < 4.78 is 23.3. The lowest BCUT2D eigenvalue weighted by Gasteiger charge is -2.24. The second kappa shape index (κ2) is 5.96. The van der Waals surface area contributed by atoms with Gasteiger partial charge < -0.3 is 10.2 Å². The Labute approximate surface area is 135 Å². The van der Waals surface area contributed by atoms with E-state index >= 15 is 0 Å². The van der Waals surface area contributed by atoms with Crippen LogP contribution in [-0.2, 0) is 14.6 Å². The molecular formula is C16H20N2O4S. The number of carbonyl (C=O) groups excluding carboxylic acids is 2. The summed E-state index contributed by atoms with van der Waals surface area (Å²) in [5.74, 6) is -0.387. The SMILES string of the molecule is CS(=O)(=O)c1cccc(C(=O)N2CCCC2C(=O)NC2CC2)c1. The maximum atomic E-state index is 12.7. The van der Waals surface area contributed by atoms with Crippen molar-refractivity contribution in [2.75, 3.05) is 12.8 Å². The zero-order valence-corrected chi connectivity index (χ0v) is 13.8. The van der Waals surface area contributed by atoms with Crippen molar-refractivity contribution >= 4 is 21.7 Å². The molecule has 0 aromatic heterocycles. The molecule has 0 bridgehead atoms. The lowest BCUT2D eigenvalue weighted by molar-refractivity contribution is -0.125.